The monoisotopic (exact) mass is 264 g/mol. The fourth-order valence-corrected chi connectivity index (χ4v) is 2.99. The van der Waals surface area contributed by atoms with Gasteiger partial charge in [0, 0.05) is 6.42 Å². The molecule has 0 fully saturated rings. The van der Waals surface area contributed by atoms with Gasteiger partial charge in [-0.25, -0.2) is 0 Å². The minimum atomic E-state index is -1.15. The van der Waals surface area contributed by atoms with Crippen molar-refractivity contribution in [2.45, 2.75) is 38.2 Å². The van der Waals surface area contributed by atoms with Crippen LogP contribution in [0.2, 0.25) is 0 Å². The predicted molar refractivity (Wildman–Crippen MR) is 71.4 cm³/mol. The van der Waals surface area contributed by atoms with Gasteiger partial charge in [0.25, 0.3) is 0 Å². The molecule has 2 unspecified atom stereocenters. The lowest BCUT2D eigenvalue weighted by atomic mass is 9.72. The van der Waals surface area contributed by atoms with E-state index >= 15 is 0 Å². The predicted octanol–water partition coefficient (Wildman–Crippen LogP) is 2.03. The summed E-state index contributed by atoms with van der Waals surface area (Å²) < 4.78 is 5.18. The zero-order chi connectivity index (χ0) is 14.0. The molecule has 0 bridgehead atoms. The summed E-state index contributed by atoms with van der Waals surface area (Å²) in [6.45, 7) is 1.80. The molecule has 104 valence electrons. The maximum absolute atomic E-state index is 11.3. The first kappa shape index (κ1) is 13.9. The molecular formula is C15H20O4. The van der Waals surface area contributed by atoms with Gasteiger partial charge in [-0.2, -0.15) is 0 Å². The number of methoxy groups -OCH3 is 1. The highest BCUT2D eigenvalue weighted by atomic mass is 16.5. The number of aliphatic carboxylic acids is 1. The van der Waals surface area contributed by atoms with E-state index in [4.69, 9.17) is 4.74 Å². The highest BCUT2D eigenvalue weighted by molar-refractivity contribution is 5.71. The van der Waals surface area contributed by atoms with E-state index in [1.807, 2.05) is 18.2 Å². The van der Waals surface area contributed by atoms with Crippen LogP contribution in [0.1, 0.15) is 30.9 Å². The summed E-state index contributed by atoms with van der Waals surface area (Å²) in [5.41, 5.74) is 1.01. The topological polar surface area (TPSA) is 66.8 Å². The summed E-state index contributed by atoms with van der Waals surface area (Å²) in [6, 6.07) is 5.79. The fraction of sp³-hybridized carbons (Fsp3) is 0.533. The lowest BCUT2D eigenvalue weighted by Crippen LogP contribution is -2.46. The van der Waals surface area contributed by atoms with Crippen LogP contribution >= 0.6 is 0 Å². The first-order valence-electron chi connectivity index (χ1n) is 6.61. The standard InChI is InChI=1S/C15H20O4/c1-3-13(14(16)17)15(18)7-6-10-4-5-12(19-2)8-11(10)9-15/h4-5,8,13,18H,3,6-7,9H2,1-2H3,(H,16,17). The molecule has 0 radical (unpaired) electrons. The number of ether oxygens (including phenoxy) is 1. The average molecular weight is 264 g/mol. The van der Waals surface area contributed by atoms with Crippen molar-refractivity contribution in [3.05, 3.63) is 29.3 Å². The van der Waals surface area contributed by atoms with E-state index in [1.165, 1.54) is 5.56 Å². The second kappa shape index (κ2) is 5.21. The lowest BCUT2D eigenvalue weighted by molar-refractivity contribution is -0.153. The Morgan fingerprint density at radius 3 is 2.79 bits per heavy atom. The van der Waals surface area contributed by atoms with Crippen molar-refractivity contribution in [2.75, 3.05) is 7.11 Å². The molecular weight excluding hydrogens is 244 g/mol. The van der Waals surface area contributed by atoms with Crippen LogP contribution in [0, 0.1) is 5.92 Å². The Kier molecular flexibility index (Phi) is 3.80. The van der Waals surface area contributed by atoms with Crippen LogP contribution in [0.4, 0.5) is 0 Å². The van der Waals surface area contributed by atoms with E-state index in [9.17, 15) is 15.0 Å². The van der Waals surface area contributed by atoms with Crippen molar-refractivity contribution in [3.63, 3.8) is 0 Å². The van der Waals surface area contributed by atoms with Gasteiger partial charge in [-0.15, -0.1) is 0 Å². The van der Waals surface area contributed by atoms with Crippen molar-refractivity contribution in [2.24, 2.45) is 5.92 Å². The Labute approximate surface area is 113 Å². The van der Waals surface area contributed by atoms with Crippen molar-refractivity contribution in [3.8, 4) is 5.75 Å². The SMILES string of the molecule is CCC(C(=O)O)C1(O)CCc2ccc(OC)cc2C1. The Bertz CT molecular complexity index is 483. The first-order valence-corrected chi connectivity index (χ1v) is 6.61. The van der Waals surface area contributed by atoms with Crippen molar-refractivity contribution in [1.82, 2.24) is 0 Å². The van der Waals surface area contributed by atoms with E-state index in [1.54, 1.807) is 14.0 Å². The second-order valence-electron chi connectivity index (χ2n) is 5.21. The van der Waals surface area contributed by atoms with Gasteiger partial charge in [-0.05, 0) is 42.5 Å². The summed E-state index contributed by atoms with van der Waals surface area (Å²) in [6.07, 6.45) is 2.02. The number of aryl methyl sites for hydroxylation is 1. The number of hydrogen-bond acceptors (Lipinski definition) is 3. The van der Waals surface area contributed by atoms with E-state index < -0.39 is 17.5 Å². The maximum atomic E-state index is 11.3. The molecule has 0 aromatic heterocycles. The summed E-state index contributed by atoms with van der Waals surface area (Å²) >= 11 is 0. The molecule has 2 rings (SSSR count). The fourth-order valence-electron chi connectivity index (χ4n) is 2.99. The van der Waals surface area contributed by atoms with E-state index in [0.29, 0.717) is 25.7 Å². The summed E-state index contributed by atoms with van der Waals surface area (Å²) in [5, 5.41) is 19.9. The van der Waals surface area contributed by atoms with Crippen LogP contribution in [0.3, 0.4) is 0 Å². The third-order valence-corrected chi connectivity index (χ3v) is 4.09. The zero-order valence-corrected chi connectivity index (χ0v) is 11.3. The van der Waals surface area contributed by atoms with Gasteiger partial charge in [0.2, 0.25) is 0 Å². The number of fused-ring (bicyclic) bond motifs is 1. The average Bonchev–Trinajstić information content (AvgIpc) is 2.37. The van der Waals surface area contributed by atoms with Crippen molar-refractivity contribution in [1.29, 1.82) is 0 Å². The van der Waals surface area contributed by atoms with Gasteiger partial charge >= 0.3 is 5.97 Å². The number of carboxylic acids is 1. The van der Waals surface area contributed by atoms with E-state index in [-0.39, 0.29) is 0 Å². The molecule has 0 saturated carbocycles. The van der Waals surface area contributed by atoms with Crippen LogP contribution < -0.4 is 4.74 Å². The maximum Gasteiger partial charge on any atom is 0.309 e. The number of aliphatic hydroxyl groups is 1. The molecule has 0 spiro atoms. The smallest absolute Gasteiger partial charge is 0.309 e. The largest absolute Gasteiger partial charge is 0.497 e. The molecule has 1 aromatic carbocycles. The lowest BCUT2D eigenvalue weighted by Gasteiger charge is -2.37. The molecule has 2 N–H and O–H groups in total. The van der Waals surface area contributed by atoms with Crippen molar-refractivity contribution < 1.29 is 19.7 Å². The quantitative estimate of drug-likeness (QED) is 0.873. The second-order valence-corrected chi connectivity index (χ2v) is 5.21. The normalized spacial score (nSPS) is 23.5. The van der Waals surface area contributed by atoms with Gasteiger partial charge in [-0.3, -0.25) is 4.79 Å². The molecule has 1 aromatic rings. The zero-order valence-electron chi connectivity index (χ0n) is 11.3. The Hall–Kier alpha value is -1.55. The highest BCUT2D eigenvalue weighted by Gasteiger charge is 2.42. The van der Waals surface area contributed by atoms with Crippen molar-refractivity contribution >= 4 is 5.97 Å². The third-order valence-electron chi connectivity index (χ3n) is 4.09. The van der Waals surface area contributed by atoms with Crippen LogP contribution in [-0.2, 0) is 17.6 Å². The molecule has 2 atom stereocenters. The minimum absolute atomic E-state index is 0.379. The van der Waals surface area contributed by atoms with Crippen LogP contribution in [-0.4, -0.2) is 28.9 Å². The number of carboxylic acid groups (broad SMARTS) is 1. The highest BCUT2D eigenvalue weighted by Crippen LogP contribution is 2.37. The molecule has 0 heterocycles. The van der Waals surface area contributed by atoms with Crippen LogP contribution in [0.25, 0.3) is 0 Å². The summed E-state index contributed by atoms with van der Waals surface area (Å²) in [5.74, 6) is -0.894. The molecule has 4 nitrogen and oxygen atoms in total. The Balaban J connectivity index is 2.31. The minimum Gasteiger partial charge on any atom is -0.497 e. The van der Waals surface area contributed by atoms with Crippen LogP contribution in [0.5, 0.6) is 5.75 Å². The van der Waals surface area contributed by atoms with Gasteiger partial charge in [0.1, 0.15) is 5.75 Å². The molecule has 1 aliphatic carbocycles. The Morgan fingerprint density at radius 2 is 2.21 bits per heavy atom. The molecule has 4 heteroatoms. The van der Waals surface area contributed by atoms with Crippen LogP contribution in [0.15, 0.2) is 18.2 Å². The number of benzene rings is 1. The van der Waals surface area contributed by atoms with E-state index in [2.05, 4.69) is 0 Å². The first-order chi connectivity index (χ1) is 9.00. The number of hydrogen-bond donors (Lipinski definition) is 2. The molecule has 19 heavy (non-hydrogen) atoms. The molecule has 0 aliphatic heterocycles. The third kappa shape index (κ3) is 2.59. The molecule has 1 aliphatic rings. The molecule has 0 amide bonds. The van der Waals surface area contributed by atoms with Gasteiger partial charge in [-0.1, -0.05) is 13.0 Å². The van der Waals surface area contributed by atoms with E-state index in [0.717, 1.165) is 11.3 Å². The summed E-state index contributed by atoms with van der Waals surface area (Å²) in [4.78, 5) is 11.3. The Morgan fingerprint density at radius 1 is 1.47 bits per heavy atom. The van der Waals surface area contributed by atoms with Gasteiger partial charge < -0.3 is 14.9 Å². The van der Waals surface area contributed by atoms with Gasteiger partial charge in [0.05, 0.1) is 18.6 Å². The number of carbonyl (C=O) groups is 1. The number of rotatable bonds is 4. The molecule has 0 saturated heterocycles. The van der Waals surface area contributed by atoms with Gasteiger partial charge in [0.15, 0.2) is 0 Å². The summed E-state index contributed by atoms with van der Waals surface area (Å²) in [7, 11) is 1.60.